The number of carbonyl (C=O) groups is 2. The van der Waals surface area contributed by atoms with Crippen molar-refractivity contribution in [3.05, 3.63) is 18.2 Å². The van der Waals surface area contributed by atoms with Gasteiger partial charge in [-0.15, -0.1) is 0 Å². The number of nitrogens with one attached hydrogen (secondary N) is 2. The molecule has 0 bridgehead atoms. The summed E-state index contributed by atoms with van der Waals surface area (Å²) in [5.74, 6) is -0.754. The van der Waals surface area contributed by atoms with E-state index in [4.69, 9.17) is 4.74 Å². The molecule has 0 radical (unpaired) electrons. The van der Waals surface area contributed by atoms with Crippen LogP contribution in [0.15, 0.2) is 23.1 Å². The lowest BCUT2D eigenvalue weighted by Gasteiger charge is -2.20. The van der Waals surface area contributed by atoms with Gasteiger partial charge in [-0.1, -0.05) is 13.8 Å². The summed E-state index contributed by atoms with van der Waals surface area (Å²) >= 11 is 0. The van der Waals surface area contributed by atoms with Crippen molar-refractivity contribution < 1.29 is 27.9 Å². The number of rotatable bonds is 8. The number of hydrogen-bond acceptors (Lipinski definition) is 6. The van der Waals surface area contributed by atoms with Gasteiger partial charge in [0.25, 0.3) is 0 Å². The molecule has 0 saturated carbocycles. The van der Waals surface area contributed by atoms with Gasteiger partial charge in [0.15, 0.2) is 0 Å². The number of nitrogens with zero attached hydrogens (tertiary/aromatic N) is 1. The molecular formula is C18H29N3O6S. The fourth-order valence-electron chi connectivity index (χ4n) is 2.29. The quantitative estimate of drug-likeness (QED) is 0.559. The van der Waals surface area contributed by atoms with Crippen molar-refractivity contribution >= 4 is 27.7 Å². The second kappa shape index (κ2) is 9.74. The van der Waals surface area contributed by atoms with Gasteiger partial charge >= 0.3 is 6.09 Å². The predicted molar refractivity (Wildman–Crippen MR) is 106 cm³/mol. The number of ether oxygens (including phenoxy) is 1. The van der Waals surface area contributed by atoms with Crippen LogP contribution in [-0.2, 0) is 19.6 Å². The van der Waals surface area contributed by atoms with Gasteiger partial charge in [0.1, 0.15) is 11.4 Å². The number of alkyl carbamates (subject to hydrolysis) is 1. The van der Waals surface area contributed by atoms with Crippen LogP contribution in [-0.4, -0.2) is 55.1 Å². The van der Waals surface area contributed by atoms with Gasteiger partial charge in [-0.2, -0.15) is 4.31 Å². The van der Waals surface area contributed by atoms with Crippen LogP contribution in [0.4, 0.5) is 10.5 Å². The van der Waals surface area contributed by atoms with Crippen LogP contribution in [0.2, 0.25) is 0 Å². The number of phenols is 1. The molecule has 9 nitrogen and oxygen atoms in total. The third-order valence-electron chi connectivity index (χ3n) is 3.61. The number of carbonyl (C=O) groups excluding carboxylic acids is 2. The number of sulfonamides is 1. The van der Waals surface area contributed by atoms with Gasteiger partial charge in [0, 0.05) is 26.1 Å². The van der Waals surface area contributed by atoms with Crippen LogP contribution in [0.25, 0.3) is 0 Å². The fourth-order valence-corrected chi connectivity index (χ4v) is 3.78. The maximum Gasteiger partial charge on any atom is 0.407 e. The fraction of sp³-hybridized carbons (Fsp3) is 0.556. The number of hydrogen-bond donors (Lipinski definition) is 3. The Labute approximate surface area is 166 Å². The highest BCUT2D eigenvalue weighted by Gasteiger charge is 2.23. The van der Waals surface area contributed by atoms with Gasteiger partial charge in [-0.05, 0) is 39.0 Å². The zero-order valence-electron chi connectivity index (χ0n) is 16.9. The summed E-state index contributed by atoms with van der Waals surface area (Å²) in [5, 5.41) is 14.8. The molecule has 28 heavy (non-hydrogen) atoms. The maximum atomic E-state index is 12.6. The minimum atomic E-state index is -3.72. The van der Waals surface area contributed by atoms with Crippen molar-refractivity contribution in [3.8, 4) is 5.75 Å². The van der Waals surface area contributed by atoms with Gasteiger partial charge < -0.3 is 20.5 Å². The van der Waals surface area contributed by atoms with E-state index >= 15 is 0 Å². The molecule has 0 aliphatic heterocycles. The second-order valence-corrected chi connectivity index (χ2v) is 8.93. The Morgan fingerprint density at radius 1 is 1.18 bits per heavy atom. The molecule has 0 spiro atoms. The smallest absolute Gasteiger partial charge is 0.407 e. The van der Waals surface area contributed by atoms with Crippen LogP contribution in [0.5, 0.6) is 5.75 Å². The molecule has 0 unspecified atom stereocenters. The first-order chi connectivity index (χ1) is 12.9. The highest BCUT2D eigenvalue weighted by Crippen LogP contribution is 2.28. The topological polar surface area (TPSA) is 125 Å². The third kappa shape index (κ3) is 7.01. The first kappa shape index (κ1) is 23.7. The monoisotopic (exact) mass is 415 g/mol. The molecule has 1 rings (SSSR count). The summed E-state index contributed by atoms with van der Waals surface area (Å²) in [4.78, 5) is 23.6. The summed E-state index contributed by atoms with van der Waals surface area (Å²) < 4.78 is 31.5. The molecule has 2 amide bonds. The number of benzene rings is 1. The Morgan fingerprint density at radius 3 is 2.32 bits per heavy atom. The highest BCUT2D eigenvalue weighted by molar-refractivity contribution is 7.89. The van der Waals surface area contributed by atoms with Gasteiger partial charge in [0.2, 0.25) is 15.9 Å². The van der Waals surface area contributed by atoms with Gasteiger partial charge in [-0.25, -0.2) is 13.2 Å². The van der Waals surface area contributed by atoms with Crippen molar-refractivity contribution in [3.63, 3.8) is 0 Å². The van der Waals surface area contributed by atoms with Gasteiger partial charge in [-0.3, -0.25) is 4.79 Å². The molecule has 0 atom stereocenters. The van der Waals surface area contributed by atoms with E-state index < -0.39 is 27.6 Å². The third-order valence-corrected chi connectivity index (χ3v) is 5.65. The first-order valence-electron chi connectivity index (χ1n) is 9.00. The first-order valence-corrected chi connectivity index (χ1v) is 10.4. The van der Waals surface area contributed by atoms with Crippen molar-refractivity contribution in [2.75, 3.05) is 25.0 Å². The van der Waals surface area contributed by atoms with E-state index in [-0.39, 0.29) is 29.3 Å². The molecular weight excluding hydrogens is 386 g/mol. The highest BCUT2D eigenvalue weighted by atomic mass is 32.2. The molecule has 0 aliphatic carbocycles. The molecule has 0 fully saturated rings. The average molecular weight is 416 g/mol. The maximum absolute atomic E-state index is 12.6. The summed E-state index contributed by atoms with van der Waals surface area (Å²) in [6.45, 7) is 9.25. The molecule has 0 saturated heterocycles. The standard InChI is InChI=1S/C18H29N3O6S/c1-6-21(7-2)28(25,26)13-8-9-15(22)14(12-13)20-16(23)10-11-19-17(24)27-18(3,4)5/h8-9,12,22H,6-7,10-11H2,1-5H3,(H,19,24)(H,20,23). The van der Waals surface area contributed by atoms with E-state index in [9.17, 15) is 23.1 Å². The lowest BCUT2D eigenvalue weighted by Crippen LogP contribution is -2.34. The molecule has 10 heteroatoms. The number of anilines is 1. The largest absolute Gasteiger partial charge is 0.506 e. The zero-order valence-corrected chi connectivity index (χ0v) is 17.7. The minimum Gasteiger partial charge on any atom is -0.506 e. The van der Waals surface area contributed by atoms with E-state index in [1.54, 1.807) is 34.6 Å². The number of amides is 2. The molecule has 1 aromatic carbocycles. The Kier molecular flexibility index (Phi) is 8.25. The molecule has 0 aromatic heterocycles. The van der Waals surface area contributed by atoms with Crippen molar-refractivity contribution in [2.45, 2.75) is 51.5 Å². The van der Waals surface area contributed by atoms with E-state index in [1.165, 1.54) is 22.5 Å². The van der Waals surface area contributed by atoms with Crippen molar-refractivity contribution in [2.24, 2.45) is 0 Å². The summed E-state index contributed by atoms with van der Waals surface area (Å²) in [5.41, 5.74) is -0.662. The van der Waals surface area contributed by atoms with E-state index in [2.05, 4.69) is 10.6 Å². The van der Waals surface area contributed by atoms with Crippen LogP contribution in [0.3, 0.4) is 0 Å². The van der Waals surface area contributed by atoms with Crippen LogP contribution < -0.4 is 10.6 Å². The van der Waals surface area contributed by atoms with Crippen LogP contribution in [0, 0.1) is 0 Å². The number of aromatic hydroxyl groups is 1. The van der Waals surface area contributed by atoms with Crippen LogP contribution in [0.1, 0.15) is 41.0 Å². The second-order valence-electron chi connectivity index (χ2n) is 7.00. The van der Waals surface area contributed by atoms with E-state index in [0.717, 1.165) is 0 Å². The molecule has 1 aromatic rings. The average Bonchev–Trinajstić information content (AvgIpc) is 2.55. The summed E-state index contributed by atoms with van der Waals surface area (Å²) in [7, 11) is -3.72. The molecule has 0 aliphatic rings. The Hall–Kier alpha value is -2.33. The SMILES string of the molecule is CCN(CC)S(=O)(=O)c1ccc(O)c(NC(=O)CCNC(=O)OC(C)(C)C)c1. The predicted octanol–water partition coefficient (Wildman–Crippen LogP) is 2.28. The van der Waals surface area contributed by atoms with Crippen molar-refractivity contribution in [1.29, 1.82) is 0 Å². The normalized spacial score (nSPS) is 11.9. The number of phenolic OH excluding ortho intramolecular Hbond substituents is 1. The van der Waals surface area contributed by atoms with E-state index in [0.29, 0.717) is 13.1 Å². The van der Waals surface area contributed by atoms with Crippen molar-refractivity contribution in [1.82, 2.24) is 9.62 Å². The summed E-state index contributed by atoms with van der Waals surface area (Å²) in [6.07, 6.45) is -0.721. The van der Waals surface area contributed by atoms with Gasteiger partial charge in [0.05, 0.1) is 10.6 Å². The Balaban J connectivity index is 2.76. The Morgan fingerprint density at radius 2 is 1.79 bits per heavy atom. The Bertz CT molecular complexity index is 798. The summed E-state index contributed by atoms with van der Waals surface area (Å²) in [6, 6.07) is 3.70. The molecule has 0 heterocycles. The lowest BCUT2D eigenvalue weighted by atomic mass is 10.2. The molecule has 158 valence electrons. The minimum absolute atomic E-state index is 0.0181. The van der Waals surface area contributed by atoms with Crippen LogP contribution >= 0.6 is 0 Å². The van der Waals surface area contributed by atoms with E-state index in [1.807, 2.05) is 0 Å². The lowest BCUT2D eigenvalue weighted by molar-refractivity contribution is -0.116. The molecule has 3 N–H and O–H groups in total. The zero-order chi connectivity index (χ0) is 21.5.